The monoisotopic (exact) mass is 204 g/mol. The Morgan fingerprint density at radius 3 is 2.27 bits per heavy atom. The first-order valence-electron chi connectivity index (χ1n) is 4.84. The topological polar surface area (TPSA) is 46.0 Å². The highest BCUT2D eigenvalue weighted by molar-refractivity contribution is 5.24. The SMILES string of the molecule is CC(C)(C)C#CC(C)(O)c1cnccn1. The average Bonchev–Trinajstić information content (AvgIpc) is 2.16. The summed E-state index contributed by atoms with van der Waals surface area (Å²) in [5.74, 6) is 5.81. The van der Waals surface area contributed by atoms with Crippen molar-refractivity contribution in [3.63, 3.8) is 0 Å². The number of rotatable bonds is 1. The second kappa shape index (κ2) is 4.00. The Hall–Kier alpha value is -1.40. The predicted molar refractivity (Wildman–Crippen MR) is 58.8 cm³/mol. The van der Waals surface area contributed by atoms with Gasteiger partial charge in [-0.25, -0.2) is 0 Å². The van der Waals surface area contributed by atoms with Gasteiger partial charge in [-0.2, -0.15) is 0 Å². The third-order valence-corrected chi connectivity index (χ3v) is 1.74. The van der Waals surface area contributed by atoms with Crippen molar-refractivity contribution in [2.75, 3.05) is 0 Å². The molecule has 1 atom stereocenters. The molecule has 3 nitrogen and oxygen atoms in total. The minimum Gasteiger partial charge on any atom is -0.372 e. The second-order valence-corrected chi connectivity index (χ2v) is 4.66. The number of aromatic nitrogens is 2. The minimum absolute atomic E-state index is 0.133. The average molecular weight is 204 g/mol. The molecule has 1 unspecified atom stereocenters. The van der Waals surface area contributed by atoms with Gasteiger partial charge in [0, 0.05) is 17.8 Å². The van der Waals surface area contributed by atoms with Crippen LogP contribution in [0.25, 0.3) is 0 Å². The maximum Gasteiger partial charge on any atom is 0.166 e. The van der Waals surface area contributed by atoms with Gasteiger partial charge in [0.15, 0.2) is 5.60 Å². The van der Waals surface area contributed by atoms with Crippen LogP contribution in [0.2, 0.25) is 0 Å². The van der Waals surface area contributed by atoms with E-state index in [-0.39, 0.29) is 5.41 Å². The van der Waals surface area contributed by atoms with Crippen LogP contribution in [-0.2, 0) is 5.60 Å². The zero-order chi connectivity index (χ0) is 11.5. The van der Waals surface area contributed by atoms with E-state index in [0.717, 1.165) is 0 Å². The minimum atomic E-state index is -1.23. The van der Waals surface area contributed by atoms with E-state index >= 15 is 0 Å². The van der Waals surface area contributed by atoms with Crippen LogP contribution in [0.4, 0.5) is 0 Å². The summed E-state index contributed by atoms with van der Waals surface area (Å²) < 4.78 is 0. The molecule has 3 heteroatoms. The largest absolute Gasteiger partial charge is 0.372 e. The van der Waals surface area contributed by atoms with Crippen molar-refractivity contribution in [1.29, 1.82) is 0 Å². The first kappa shape index (κ1) is 11.7. The standard InChI is InChI=1S/C12H16N2O/c1-11(2,3)5-6-12(4,15)10-9-13-7-8-14-10/h7-9,15H,1-4H3. The normalized spacial score (nSPS) is 15.0. The number of nitrogens with zero attached hydrogens (tertiary/aromatic N) is 2. The van der Waals surface area contributed by atoms with Gasteiger partial charge in [0.25, 0.3) is 0 Å². The fourth-order valence-corrected chi connectivity index (χ4v) is 0.924. The third-order valence-electron chi connectivity index (χ3n) is 1.74. The Bertz CT molecular complexity index is 380. The van der Waals surface area contributed by atoms with Gasteiger partial charge in [-0.05, 0) is 27.7 Å². The van der Waals surface area contributed by atoms with E-state index in [2.05, 4.69) is 21.8 Å². The van der Waals surface area contributed by atoms with Crippen LogP contribution in [0.5, 0.6) is 0 Å². The van der Waals surface area contributed by atoms with Gasteiger partial charge in [-0.15, -0.1) is 0 Å². The van der Waals surface area contributed by atoms with E-state index in [1.54, 1.807) is 19.3 Å². The Balaban J connectivity index is 2.98. The lowest BCUT2D eigenvalue weighted by Crippen LogP contribution is -2.21. The quantitative estimate of drug-likeness (QED) is 0.709. The molecule has 0 spiro atoms. The van der Waals surface area contributed by atoms with Gasteiger partial charge in [0.1, 0.15) is 5.69 Å². The smallest absolute Gasteiger partial charge is 0.166 e. The van der Waals surface area contributed by atoms with Gasteiger partial charge >= 0.3 is 0 Å². The van der Waals surface area contributed by atoms with Crippen molar-refractivity contribution < 1.29 is 5.11 Å². The zero-order valence-corrected chi connectivity index (χ0v) is 9.57. The lowest BCUT2D eigenvalue weighted by Gasteiger charge is -2.16. The van der Waals surface area contributed by atoms with Crippen molar-refractivity contribution in [3.8, 4) is 11.8 Å². The highest BCUT2D eigenvalue weighted by atomic mass is 16.3. The van der Waals surface area contributed by atoms with Crippen molar-refractivity contribution in [2.24, 2.45) is 5.41 Å². The molecule has 0 aromatic carbocycles. The maximum atomic E-state index is 10.1. The predicted octanol–water partition coefficient (Wildman–Crippen LogP) is 1.73. The first-order valence-corrected chi connectivity index (χ1v) is 4.84. The molecule has 1 heterocycles. The highest BCUT2D eigenvalue weighted by Gasteiger charge is 2.22. The van der Waals surface area contributed by atoms with Crippen LogP contribution in [0.1, 0.15) is 33.4 Å². The van der Waals surface area contributed by atoms with Gasteiger partial charge in [-0.1, -0.05) is 11.8 Å². The summed E-state index contributed by atoms with van der Waals surface area (Å²) in [6.45, 7) is 7.60. The number of hydrogen-bond donors (Lipinski definition) is 1. The molecule has 0 fully saturated rings. The van der Waals surface area contributed by atoms with Crippen molar-refractivity contribution in [1.82, 2.24) is 9.97 Å². The van der Waals surface area contributed by atoms with Crippen LogP contribution in [0.15, 0.2) is 18.6 Å². The van der Waals surface area contributed by atoms with Crippen LogP contribution in [0, 0.1) is 17.3 Å². The Kier molecular flexibility index (Phi) is 3.11. The molecule has 1 aromatic rings. The zero-order valence-electron chi connectivity index (χ0n) is 9.57. The molecule has 0 aliphatic carbocycles. The molecule has 0 bridgehead atoms. The van der Waals surface area contributed by atoms with Crippen LogP contribution >= 0.6 is 0 Å². The van der Waals surface area contributed by atoms with E-state index in [0.29, 0.717) is 5.69 Å². The Morgan fingerprint density at radius 2 is 1.80 bits per heavy atom. The van der Waals surface area contributed by atoms with E-state index in [9.17, 15) is 5.11 Å². The van der Waals surface area contributed by atoms with Crippen molar-refractivity contribution in [3.05, 3.63) is 24.3 Å². The third kappa shape index (κ3) is 3.69. The van der Waals surface area contributed by atoms with Gasteiger partial charge in [0.05, 0.1) is 6.20 Å². The summed E-state index contributed by atoms with van der Waals surface area (Å²) in [6.07, 6.45) is 4.64. The Morgan fingerprint density at radius 1 is 1.13 bits per heavy atom. The summed E-state index contributed by atoms with van der Waals surface area (Å²) >= 11 is 0. The molecule has 1 aromatic heterocycles. The molecular weight excluding hydrogens is 188 g/mol. The molecule has 0 aliphatic heterocycles. The molecule has 0 amide bonds. The van der Waals surface area contributed by atoms with E-state index < -0.39 is 5.60 Å². The van der Waals surface area contributed by atoms with Crippen molar-refractivity contribution >= 4 is 0 Å². The maximum absolute atomic E-state index is 10.1. The van der Waals surface area contributed by atoms with Crippen molar-refractivity contribution in [2.45, 2.75) is 33.3 Å². The van der Waals surface area contributed by atoms with Gasteiger partial charge in [-0.3, -0.25) is 9.97 Å². The number of aliphatic hydroxyl groups is 1. The van der Waals surface area contributed by atoms with Crippen LogP contribution < -0.4 is 0 Å². The van der Waals surface area contributed by atoms with Gasteiger partial charge in [0.2, 0.25) is 0 Å². The summed E-state index contributed by atoms with van der Waals surface area (Å²) in [5.41, 5.74) is -0.893. The molecule has 15 heavy (non-hydrogen) atoms. The molecule has 0 radical (unpaired) electrons. The van der Waals surface area contributed by atoms with E-state index in [4.69, 9.17) is 0 Å². The molecular formula is C12H16N2O. The first-order chi connectivity index (χ1) is 6.81. The second-order valence-electron chi connectivity index (χ2n) is 4.66. The molecule has 1 rings (SSSR count). The molecule has 80 valence electrons. The Labute approximate surface area is 90.6 Å². The van der Waals surface area contributed by atoms with E-state index in [1.165, 1.54) is 6.20 Å². The molecule has 1 N–H and O–H groups in total. The lowest BCUT2D eigenvalue weighted by molar-refractivity contribution is 0.116. The highest BCUT2D eigenvalue weighted by Crippen LogP contribution is 2.18. The fourth-order valence-electron chi connectivity index (χ4n) is 0.924. The summed E-state index contributed by atoms with van der Waals surface area (Å²) in [5, 5.41) is 10.1. The number of hydrogen-bond acceptors (Lipinski definition) is 3. The van der Waals surface area contributed by atoms with Gasteiger partial charge < -0.3 is 5.11 Å². The van der Waals surface area contributed by atoms with Crippen LogP contribution in [-0.4, -0.2) is 15.1 Å². The summed E-state index contributed by atoms with van der Waals surface area (Å²) in [4.78, 5) is 7.94. The lowest BCUT2D eigenvalue weighted by atomic mass is 9.95. The fraction of sp³-hybridized carbons (Fsp3) is 0.500. The molecule has 0 saturated heterocycles. The molecule has 0 aliphatic rings. The summed E-state index contributed by atoms with van der Waals surface area (Å²) in [6, 6.07) is 0. The van der Waals surface area contributed by atoms with Crippen LogP contribution in [0.3, 0.4) is 0 Å². The van der Waals surface area contributed by atoms with E-state index in [1.807, 2.05) is 20.8 Å². The summed E-state index contributed by atoms with van der Waals surface area (Å²) in [7, 11) is 0. The molecule has 0 saturated carbocycles.